The lowest BCUT2D eigenvalue weighted by Crippen LogP contribution is -2.33. The van der Waals surface area contributed by atoms with Crippen LogP contribution in [0, 0.1) is 26.7 Å². The van der Waals surface area contributed by atoms with Crippen LogP contribution in [0.15, 0.2) is 37.8 Å². The van der Waals surface area contributed by atoms with Gasteiger partial charge in [-0.05, 0) is 95.2 Å². The van der Waals surface area contributed by atoms with Crippen LogP contribution in [-0.2, 0) is 0 Å². The van der Waals surface area contributed by atoms with Crippen molar-refractivity contribution < 1.29 is 0 Å². The zero-order valence-corrected chi connectivity index (χ0v) is 20.0. The largest absolute Gasteiger partial charge is 0.371 e. The number of nitrogens with zero attached hydrogens (tertiary/aromatic N) is 3. The van der Waals surface area contributed by atoms with Gasteiger partial charge in [0.05, 0.1) is 5.69 Å². The van der Waals surface area contributed by atoms with Crippen molar-refractivity contribution in [3.63, 3.8) is 0 Å². The lowest BCUT2D eigenvalue weighted by Gasteiger charge is -2.32. The van der Waals surface area contributed by atoms with E-state index in [0.717, 1.165) is 56.4 Å². The molecule has 0 atom stereocenters. The molecule has 27 heavy (non-hydrogen) atoms. The first-order chi connectivity index (χ1) is 12.8. The third-order valence-electron chi connectivity index (χ3n) is 5.16. The lowest BCUT2D eigenvalue weighted by molar-refractivity contribution is 0.476. The van der Waals surface area contributed by atoms with E-state index in [-0.39, 0.29) is 0 Å². The first-order valence-electron chi connectivity index (χ1n) is 9.00. The van der Waals surface area contributed by atoms with E-state index >= 15 is 0 Å². The molecule has 0 saturated carbocycles. The Morgan fingerprint density at radius 1 is 1.04 bits per heavy atom. The summed E-state index contributed by atoms with van der Waals surface area (Å²) in [6, 6.07) is 6.33. The third-order valence-corrected chi connectivity index (χ3v) is 6.82. The molecule has 0 aliphatic carbocycles. The van der Waals surface area contributed by atoms with Crippen LogP contribution >= 0.6 is 47.8 Å². The molecule has 0 unspecified atom stereocenters. The summed E-state index contributed by atoms with van der Waals surface area (Å²) in [6.07, 6.45) is 4.24. The molecule has 3 aromatic rings. The van der Waals surface area contributed by atoms with Crippen molar-refractivity contribution in [1.82, 2.24) is 9.55 Å². The van der Waals surface area contributed by atoms with Gasteiger partial charge < -0.3 is 4.90 Å². The average Bonchev–Trinajstić information content (AvgIpc) is 2.90. The lowest BCUT2D eigenvalue weighted by atomic mass is 9.98. The minimum absolute atomic E-state index is 0.319. The number of hydrogen-bond donors (Lipinski definition) is 0. The summed E-state index contributed by atoms with van der Waals surface area (Å²) in [5.41, 5.74) is 5.56. The van der Waals surface area contributed by atoms with Crippen LogP contribution in [0.3, 0.4) is 0 Å². The molecule has 1 saturated heterocycles. The van der Waals surface area contributed by atoms with Gasteiger partial charge in [-0.1, -0.05) is 15.9 Å². The summed E-state index contributed by atoms with van der Waals surface area (Å²) < 4.78 is 5.22. The van der Waals surface area contributed by atoms with Gasteiger partial charge in [-0.2, -0.15) is 0 Å². The predicted octanol–water partition coefficient (Wildman–Crippen LogP) is 6.86. The van der Waals surface area contributed by atoms with E-state index in [4.69, 9.17) is 11.9 Å². The zero-order valence-electron chi connectivity index (χ0n) is 15.3. The predicted molar refractivity (Wildman–Crippen MR) is 123 cm³/mol. The van der Waals surface area contributed by atoms with Gasteiger partial charge in [-0.3, -0.25) is 4.57 Å². The number of hydrogen-bond acceptors (Lipinski definition) is 2. The van der Waals surface area contributed by atoms with E-state index in [1.54, 1.807) is 0 Å². The number of fused-ring (bicyclic) bond motifs is 1. The number of benzene rings is 1. The molecule has 6 heteroatoms. The first kappa shape index (κ1) is 19.5. The Kier molecular flexibility index (Phi) is 5.43. The number of rotatable bonds is 2. The Bertz CT molecular complexity index is 994. The number of aryl methyl sites for hydroxylation is 2. The maximum absolute atomic E-state index is 6.12. The van der Waals surface area contributed by atoms with Crippen molar-refractivity contribution >= 4 is 64.5 Å². The minimum Gasteiger partial charge on any atom is -0.371 e. The van der Waals surface area contributed by atoms with E-state index in [2.05, 4.69) is 95.5 Å². The average molecular weight is 554 g/mol. The van der Waals surface area contributed by atoms with Crippen molar-refractivity contribution in [3.8, 4) is 5.69 Å². The highest BCUT2D eigenvalue weighted by Gasteiger charge is 2.22. The second-order valence-corrected chi connectivity index (χ2v) is 9.83. The standard InChI is InChI=1S/C21H20Br3N3/c1-12-4-6-26(7-5-12)18-8-14(3)25-21-19(18)13(2)11-27(21)20-16(23)9-15(22)10-17(20)24/h1,8-12H,4-7H2,2-3H3. The molecule has 4 rings (SSSR count). The molecule has 0 bridgehead atoms. The molecule has 1 fully saturated rings. The van der Waals surface area contributed by atoms with Crippen LogP contribution in [0.4, 0.5) is 5.69 Å². The minimum atomic E-state index is 0.319. The van der Waals surface area contributed by atoms with Crippen LogP contribution < -0.4 is 4.90 Å². The SMILES string of the molecule is [CH]C1CCN(c2cc(C)nc3c2c(C)cn3-c2c(Br)cc(Br)cc2Br)CC1. The molecule has 3 nitrogen and oxygen atoms in total. The Balaban J connectivity index is 1.93. The van der Waals surface area contributed by atoms with Crippen LogP contribution in [0.2, 0.25) is 0 Å². The molecule has 0 amide bonds. The van der Waals surface area contributed by atoms with E-state index < -0.39 is 0 Å². The van der Waals surface area contributed by atoms with Crippen LogP contribution in [0.25, 0.3) is 16.7 Å². The Labute approximate surface area is 185 Å². The summed E-state index contributed by atoms with van der Waals surface area (Å²) in [4.78, 5) is 7.37. The number of pyridine rings is 1. The van der Waals surface area contributed by atoms with Crippen molar-refractivity contribution in [2.45, 2.75) is 26.7 Å². The number of anilines is 1. The topological polar surface area (TPSA) is 21.1 Å². The second kappa shape index (κ2) is 7.53. The van der Waals surface area contributed by atoms with Gasteiger partial charge in [0, 0.05) is 49.5 Å². The Morgan fingerprint density at radius 2 is 1.67 bits per heavy atom. The summed E-state index contributed by atoms with van der Waals surface area (Å²) in [5.74, 6) is 0.319. The molecule has 3 heterocycles. The molecular formula is C21H20Br3N3. The fourth-order valence-electron chi connectivity index (χ4n) is 3.84. The highest BCUT2D eigenvalue weighted by molar-refractivity contribution is 9.11. The zero-order chi connectivity index (χ0) is 19.3. The quantitative estimate of drug-likeness (QED) is 0.346. The maximum Gasteiger partial charge on any atom is 0.147 e. The molecule has 0 N–H and O–H groups in total. The van der Waals surface area contributed by atoms with Crippen LogP contribution in [0.5, 0.6) is 0 Å². The Morgan fingerprint density at radius 3 is 2.30 bits per heavy atom. The maximum atomic E-state index is 6.12. The smallest absolute Gasteiger partial charge is 0.147 e. The fraction of sp³-hybridized carbons (Fsp3) is 0.333. The summed E-state index contributed by atoms with van der Waals surface area (Å²) >= 11 is 11.0. The van der Waals surface area contributed by atoms with Gasteiger partial charge in [0.25, 0.3) is 0 Å². The molecule has 0 spiro atoms. The molecule has 1 aliphatic heterocycles. The van der Waals surface area contributed by atoms with Gasteiger partial charge in [0.15, 0.2) is 0 Å². The van der Waals surface area contributed by atoms with Crippen LogP contribution in [-0.4, -0.2) is 22.6 Å². The van der Waals surface area contributed by atoms with Crippen molar-refractivity contribution in [2.24, 2.45) is 5.92 Å². The van der Waals surface area contributed by atoms with Gasteiger partial charge in [-0.25, -0.2) is 4.98 Å². The van der Waals surface area contributed by atoms with Gasteiger partial charge in [-0.15, -0.1) is 0 Å². The summed E-state index contributed by atoms with van der Waals surface area (Å²) in [7, 11) is 0. The molecule has 1 aliphatic rings. The highest BCUT2D eigenvalue weighted by Crippen LogP contribution is 2.39. The van der Waals surface area contributed by atoms with E-state index in [0.29, 0.717) is 5.92 Å². The van der Waals surface area contributed by atoms with Crippen molar-refractivity contribution in [2.75, 3.05) is 18.0 Å². The monoisotopic (exact) mass is 551 g/mol. The highest BCUT2D eigenvalue weighted by atomic mass is 79.9. The van der Waals surface area contributed by atoms with Gasteiger partial charge in [0.1, 0.15) is 5.65 Å². The molecule has 2 aromatic heterocycles. The fourth-order valence-corrected chi connectivity index (χ4v) is 6.48. The Hall–Kier alpha value is -0.850. The number of halogens is 3. The first-order valence-corrected chi connectivity index (χ1v) is 11.4. The third kappa shape index (κ3) is 3.60. The van der Waals surface area contributed by atoms with E-state index in [1.807, 2.05) is 0 Å². The number of aromatic nitrogens is 2. The summed E-state index contributed by atoms with van der Waals surface area (Å²) in [5, 5.41) is 1.22. The summed E-state index contributed by atoms with van der Waals surface area (Å²) in [6.45, 7) is 12.3. The van der Waals surface area contributed by atoms with Gasteiger partial charge >= 0.3 is 0 Å². The van der Waals surface area contributed by atoms with Gasteiger partial charge in [0.2, 0.25) is 0 Å². The normalized spacial score (nSPS) is 15.7. The molecule has 1 aromatic carbocycles. The van der Waals surface area contributed by atoms with E-state index in [1.165, 1.54) is 16.6 Å². The molecule has 2 radical (unpaired) electrons. The molecular weight excluding hydrogens is 534 g/mol. The van der Waals surface area contributed by atoms with Crippen molar-refractivity contribution in [1.29, 1.82) is 0 Å². The van der Waals surface area contributed by atoms with Crippen molar-refractivity contribution in [3.05, 3.63) is 56.0 Å². The van der Waals surface area contributed by atoms with E-state index in [9.17, 15) is 0 Å². The van der Waals surface area contributed by atoms with Crippen LogP contribution in [0.1, 0.15) is 24.1 Å². The second-order valence-electron chi connectivity index (χ2n) is 7.21. The number of piperidine rings is 1. The molecule has 140 valence electrons.